The highest BCUT2D eigenvalue weighted by Gasteiger charge is 2.34. The van der Waals surface area contributed by atoms with E-state index >= 15 is 0 Å². The topological polar surface area (TPSA) is 9.23 Å². The van der Waals surface area contributed by atoms with E-state index in [1.165, 1.54) is 0 Å². The smallest absolute Gasteiger partial charge is 0.399 e. The molecule has 0 spiro atoms. The van der Waals surface area contributed by atoms with Crippen LogP contribution in [0, 0.1) is 17.6 Å². The van der Waals surface area contributed by atoms with Crippen molar-refractivity contribution in [2.75, 3.05) is 0 Å². The van der Waals surface area contributed by atoms with Crippen molar-refractivity contribution in [2.45, 2.75) is 70.6 Å². The predicted octanol–water partition coefficient (Wildman–Crippen LogP) is 7.27. The molecule has 0 saturated heterocycles. The molecule has 0 bridgehead atoms. The van der Waals surface area contributed by atoms with Gasteiger partial charge in [0, 0.05) is 0 Å². The number of hydrogen-bond acceptors (Lipinski definition) is 1. The van der Waals surface area contributed by atoms with Crippen LogP contribution in [0.5, 0.6) is 5.75 Å². The summed E-state index contributed by atoms with van der Waals surface area (Å²) in [6, 6.07) is 1.95. The molecule has 0 amide bonds. The van der Waals surface area contributed by atoms with Crippen molar-refractivity contribution < 1.29 is 26.7 Å². The first-order valence-corrected chi connectivity index (χ1v) is 9.19. The Balaban J connectivity index is 1.91. The first kappa shape index (κ1) is 20.7. The minimum atomic E-state index is -5.12. The second-order valence-electron chi connectivity index (χ2n) is 6.92. The molecular formula is C20H25F5O. The second kappa shape index (κ2) is 9.38. The molecule has 1 aliphatic rings. The molecule has 1 aliphatic carbocycles. The Bertz CT molecular complexity index is 578. The Morgan fingerprint density at radius 1 is 1.00 bits per heavy atom. The molecule has 6 heteroatoms. The van der Waals surface area contributed by atoms with Gasteiger partial charge < -0.3 is 4.74 Å². The normalized spacial score (nSPS) is 21.3. The van der Waals surface area contributed by atoms with Crippen molar-refractivity contribution in [3.05, 3.63) is 41.5 Å². The monoisotopic (exact) mass is 376 g/mol. The molecule has 0 unspecified atom stereocenters. The highest BCUT2D eigenvalue weighted by atomic mass is 19.4. The number of allylic oxidation sites excluding steroid dienone is 2. The summed E-state index contributed by atoms with van der Waals surface area (Å²) in [6.45, 7) is 2.14. The lowest BCUT2D eigenvalue weighted by atomic mass is 9.77. The van der Waals surface area contributed by atoms with E-state index in [4.69, 9.17) is 0 Å². The fourth-order valence-corrected chi connectivity index (χ4v) is 3.55. The molecule has 1 fully saturated rings. The lowest BCUT2D eigenvalue weighted by Crippen LogP contribution is -2.19. The molecule has 2 rings (SSSR count). The molecule has 1 saturated carbocycles. The highest BCUT2D eigenvalue weighted by Crippen LogP contribution is 2.39. The zero-order valence-corrected chi connectivity index (χ0v) is 14.9. The van der Waals surface area contributed by atoms with Gasteiger partial charge in [0.1, 0.15) is 0 Å². The summed E-state index contributed by atoms with van der Waals surface area (Å²) in [7, 11) is 0. The molecule has 146 valence electrons. The van der Waals surface area contributed by atoms with Gasteiger partial charge in [-0.1, -0.05) is 25.5 Å². The Morgan fingerprint density at radius 2 is 1.58 bits per heavy atom. The Morgan fingerprint density at radius 3 is 2.12 bits per heavy atom. The summed E-state index contributed by atoms with van der Waals surface area (Å²) < 4.78 is 67.8. The Hall–Kier alpha value is -1.59. The standard InChI is InChI=1S/C20H25F5O/c1-2-3-4-5-6-7-14-8-10-15(11-9-14)16-12-17(21)19(18(22)13-16)26-20(23,24)25/h4-5,12-15H,2-3,6-11H2,1H3/b5-4+. The molecule has 26 heavy (non-hydrogen) atoms. The molecule has 1 aromatic rings. The molecule has 0 atom stereocenters. The molecule has 0 aromatic heterocycles. The molecule has 0 aliphatic heterocycles. The van der Waals surface area contributed by atoms with E-state index in [1.54, 1.807) is 0 Å². The summed E-state index contributed by atoms with van der Waals surface area (Å²) in [4.78, 5) is 0. The Kier molecular flexibility index (Phi) is 7.47. The van der Waals surface area contributed by atoms with Crippen LogP contribution in [0.1, 0.15) is 69.8 Å². The number of alkyl halides is 3. The van der Waals surface area contributed by atoms with Crippen LogP contribution in [0.2, 0.25) is 0 Å². The lowest BCUT2D eigenvalue weighted by molar-refractivity contribution is -0.276. The number of halogens is 5. The molecule has 0 radical (unpaired) electrons. The van der Waals surface area contributed by atoms with Crippen LogP contribution in [-0.2, 0) is 0 Å². The zero-order chi connectivity index (χ0) is 19.2. The Labute approximate surface area is 151 Å². The summed E-state index contributed by atoms with van der Waals surface area (Å²) in [6.07, 6.45) is 7.19. The van der Waals surface area contributed by atoms with Crippen molar-refractivity contribution in [1.82, 2.24) is 0 Å². The van der Waals surface area contributed by atoms with Gasteiger partial charge in [0.2, 0.25) is 5.75 Å². The van der Waals surface area contributed by atoms with Gasteiger partial charge in [0.15, 0.2) is 11.6 Å². The maximum Gasteiger partial charge on any atom is 0.573 e. The van der Waals surface area contributed by atoms with Gasteiger partial charge in [0.05, 0.1) is 0 Å². The van der Waals surface area contributed by atoms with Crippen molar-refractivity contribution in [2.24, 2.45) is 5.92 Å². The average molecular weight is 376 g/mol. The van der Waals surface area contributed by atoms with E-state index in [9.17, 15) is 22.0 Å². The number of ether oxygens (including phenoxy) is 1. The minimum absolute atomic E-state index is 0.0224. The van der Waals surface area contributed by atoms with Crippen LogP contribution in [0.15, 0.2) is 24.3 Å². The third-order valence-electron chi connectivity index (χ3n) is 4.92. The predicted molar refractivity (Wildman–Crippen MR) is 91.0 cm³/mol. The summed E-state index contributed by atoms with van der Waals surface area (Å²) in [5.74, 6) is -3.42. The second-order valence-corrected chi connectivity index (χ2v) is 6.92. The first-order valence-electron chi connectivity index (χ1n) is 9.19. The van der Waals surface area contributed by atoms with Gasteiger partial charge in [-0.15, -0.1) is 13.2 Å². The summed E-state index contributed by atoms with van der Waals surface area (Å²) >= 11 is 0. The van der Waals surface area contributed by atoms with Gasteiger partial charge in [-0.2, -0.15) is 0 Å². The lowest BCUT2D eigenvalue weighted by Gasteiger charge is -2.29. The number of benzene rings is 1. The van der Waals surface area contributed by atoms with E-state index in [-0.39, 0.29) is 5.92 Å². The van der Waals surface area contributed by atoms with Gasteiger partial charge in [0.25, 0.3) is 0 Å². The van der Waals surface area contributed by atoms with Crippen molar-refractivity contribution >= 4 is 0 Å². The van der Waals surface area contributed by atoms with Gasteiger partial charge in [-0.3, -0.25) is 0 Å². The molecular weight excluding hydrogens is 351 g/mol. The molecule has 1 nitrogen and oxygen atoms in total. The van der Waals surface area contributed by atoms with Gasteiger partial charge >= 0.3 is 6.36 Å². The number of hydrogen-bond donors (Lipinski definition) is 0. The minimum Gasteiger partial charge on any atom is -0.399 e. The van der Waals surface area contributed by atoms with Crippen LogP contribution >= 0.6 is 0 Å². The zero-order valence-electron chi connectivity index (χ0n) is 14.9. The fourth-order valence-electron chi connectivity index (χ4n) is 3.55. The van der Waals surface area contributed by atoms with Crippen molar-refractivity contribution in [3.8, 4) is 5.75 Å². The SMILES string of the molecule is CCC/C=C/CCC1CCC(c2cc(F)c(OC(F)(F)F)c(F)c2)CC1. The number of unbranched alkanes of at least 4 members (excludes halogenated alkanes) is 1. The van der Waals surface area contributed by atoms with Crippen molar-refractivity contribution in [1.29, 1.82) is 0 Å². The van der Waals surface area contributed by atoms with Crippen LogP contribution < -0.4 is 4.74 Å². The fraction of sp³-hybridized carbons (Fsp3) is 0.600. The maximum atomic E-state index is 13.9. The summed E-state index contributed by atoms with van der Waals surface area (Å²) in [5, 5.41) is 0. The van der Waals surface area contributed by atoms with Crippen LogP contribution in [-0.4, -0.2) is 6.36 Å². The van der Waals surface area contributed by atoms with Crippen LogP contribution in [0.4, 0.5) is 22.0 Å². The van der Waals surface area contributed by atoms with Gasteiger partial charge in [-0.25, -0.2) is 8.78 Å². The van der Waals surface area contributed by atoms with Crippen molar-refractivity contribution in [3.63, 3.8) is 0 Å². The van der Waals surface area contributed by atoms with Crippen LogP contribution in [0.3, 0.4) is 0 Å². The average Bonchev–Trinajstić information content (AvgIpc) is 2.57. The van der Waals surface area contributed by atoms with E-state index < -0.39 is 23.7 Å². The first-order chi connectivity index (χ1) is 12.3. The third kappa shape index (κ3) is 6.29. The van der Waals surface area contributed by atoms with Crippen LogP contribution in [0.25, 0.3) is 0 Å². The highest BCUT2D eigenvalue weighted by molar-refractivity contribution is 5.33. The quantitative estimate of drug-likeness (QED) is 0.359. The van der Waals surface area contributed by atoms with Gasteiger partial charge in [-0.05, 0) is 74.5 Å². The van der Waals surface area contributed by atoms with E-state index in [1.807, 2.05) is 0 Å². The molecule has 0 heterocycles. The molecule has 0 N–H and O–H groups in total. The molecule has 1 aromatic carbocycles. The number of rotatable bonds is 7. The third-order valence-corrected chi connectivity index (χ3v) is 4.92. The van der Waals surface area contributed by atoms with E-state index in [0.717, 1.165) is 63.5 Å². The van der Waals surface area contributed by atoms with E-state index in [2.05, 4.69) is 23.8 Å². The van der Waals surface area contributed by atoms with E-state index in [0.29, 0.717) is 11.5 Å². The summed E-state index contributed by atoms with van der Waals surface area (Å²) in [5.41, 5.74) is 0.413. The largest absolute Gasteiger partial charge is 0.573 e. The maximum absolute atomic E-state index is 13.9.